The molecule has 112 valence electrons. The fourth-order valence-corrected chi connectivity index (χ4v) is 4.75. The number of halogens is 1. The number of nitrogens with zero attached hydrogens (tertiary/aromatic N) is 1. The molecule has 0 unspecified atom stereocenters. The van der Waals surface area contributed by atoms with Crippen molar-refractivity contribution in [2.24, 2.45) is 5.73 Å². The molecule has 1 aromatic rings. The molecule has 0 spiro atoms. The molecule has 0 atom stereocenters. The summed E-state index contributed by atoms with van der Waals surface area (Å²) in [5.74, 6) is -0.423. The summed E-state index contributed by atoms with van der Waals surface area (Å²) in [5, 5.41) is 0. The Morgan fingerprint density at radius 3 is 2.55 bits per heavy atom. The molecule has 0 bridgehead atoms. The molecule has 1 aromatic carbocycles. The van der Waals surface area contributed by atoms with E-state index in [1.54, 1.807) is 6.92 Å². The van der Waals surface area contributed by atoms with Crippen LogP contribution in [0.15, 0.2) is 23.1 Å². The van der Waals surface area contributed by atoms with Crippen LogP contribution >= 0.6 is 0 Å². The van der Waals surface area contributed by atoms with E-state index in [9.17, 15) is 12.8 Å². The predicted molar refractivity (Wildman–Crippen MR) is 76.3 cm³/mol. The standard InChI is InChI=1S/C14H21FN2O2S/c1-11-10-12(15)6-7-14(11)20(18,19)17(9-8-16)13-4-2-3-5-13/h6-7,10,13H,2-5,8-9,16H2,1H3. The van der Waals surface area contributed by atoms with Gasteiger partial charge in [0.1, 0.15) is 5.82 Å². The number of rotatable bonds is 5. The zero-order chi connectivity index (χ0) is 14.8. The lowest BCUT2D eigenvalue weighted by Gasteiger charge is -2.28. The maximum Gasteiger partial charge on any atom is 0.243 e. The van der Waals surface area contributed by atoms with Crippen LogP contribution in [-0.4, -0.2) is 31.9 Å². The lowest BCUT2D eigenvalue weighted by molar-refractivity contribution is 0.328. The zero-order valence-corrected chi connectivity index (χ0v) is 12.5. The number of nitrogens with two attached hydrogens (primary N) is 1. The summed E-state index contributed by atoms with van der Waals surface area (Å²) < 4.78 is 40.2. The monoisotopic (exact) mass is 300 g/mol. The highest BCUT2D eigenvalue weighted by atomic mass is 32.2. The van der Waals surface area contributed by atoms with Crippen molar-refractivity contribution in [3.8, 4) is 0 Å². The third kappa shape index (κ3) is 3.02. The molecule has 2 N–H and O–H groups in total. The molecule has 0 aromatic heterocycles. The average Bonchev–Trinajstić information content (AvgIpc) is 2.88. The smallest absolute Gasteiger partial charge is 0.243 e. The van der Waals surface area contributed by atoms with Gasteiger partial charge in [0.15, 0.2) is 0 Å². The molecule has 6 heteroatoms. The van der Waals surface area contributed by atoms with Crippen LogP contribution in [-0.2, 0) is 10.0 Å². The number of sulfonamides is 1. The van der Waals surface area contributed by atoms with E-state index in [1.807, 2.05) is 0 Å². The Hall–Kier alpha value is -0.980. The fourth-order valence-electron chi connectivity index (χ4n) is 2.85. The molecular weight excluding hydrogens is 279 g/mol. The van der Waals surface area contributed by atoms with Gasteiger partial charge in [-0.05, 0) is 43.5 Å². The van der Waals surface area contributed by atoms with Crippen molar-refractivity contribution in [2.45, 2.75) is 43.5 Å². The molecule has 4 nitrogen and oxygen atoms in total. The molecule has 20 heavy (non-hydrogen) atoms. The van der Waals surface area contributed by atoms with Gasteiger partial charge >= 0.3 is 0 Å². The summed E-state index contributed by atoms with van der Waals surface area (Å²) in [6, 6.07) is 3.81. The maximum atomic E-state index is 13.2. The quantitative estimate of drug-likeness (QED) is 0.905. The zero-order valence-electron chi connectivity index (χ0n) is 11.7. The van der Waals surface area contributed by atoms with E-state index in [2.05, 4.69) is 0 Å². The van der Waals surface area contributed by atoms with Gasteiger partial charge in [-0.3, -0.25) is 0 Å². The highest BCUT2D eigenvalue weighted by Gasteiger charge is 2.33. The molecule has 0 radical (unpaired) electrons. The van der Waals surface area contributed by atoms with E-state index < -0.39 is 15.8 Å². The van der Waals surface area contributed by atoms with Gasteiger partial charge in [0.05, 0.1) is 4.90 Å². The summed E-state index contributed by atoms with van der Waals surface area (Å²) >= 11 is 0. The van der Waals surface area contributed by atoms with Gasteiger partial charge in [-0.1, -0.05) is 12.8 Å². The molecular formula is C14H21FN2O2S. The van der Waals surface area contributed by atoms with Crippen molar-refractivity contribution in [1.82, 2.24) is 4.31 Å². The Labute approximate surface area is 119 Å². The fraction of sp³-hybridized carbons (Fsp3) is 0.571. The van der Waals surface area contributed by atoms with Gasteiger partial charge in [0.2, 0.25) is 10.0 Å². The highest BCUT2D eigenvalue weighted by molar-refractivity contribution is 7.89. The van der Waals surface area contributed by atoms with Gasteiger partial charge in [-0.2, -0.15) is 4.31 Å². The molecule has 1 aliphatic rings. The molecule has 0 heterocycles. The van der Waals surface area contributed by atoms with Crippen LogP contribution in [0.5, 0.6) is 0 Å². The Kier molecular flexibility index (Phi) is 4.78. The van der Waals surface area contributed by atoms with Crippen LogP contribution in [0.4, 0.5) is 4.39 Å². The lowest BCUT2D eigenvalue weighted by atomic mass is 10.2. The van der Waals surface area contributed by atoms with Gasteiger partial charge in [0.25, 0.3) is 0 Å². The molecule has 0 saturated heterocycles. The molecule has 1 fully saturated rings. The largest absolute Gasteiger partial charge is 0.329 e. The molecule has 0 amide bonds. The Balaban J connectivity index is 2.39. The Morgan fingerprint density at radius 2 is 2.00 bits per heavy atom. The first kappa shape index (κ1) is 15.4. The van der Waals surface area contributed by atoms with E-state index >= 15 is 0 Å². The van der Waals surface area contributed by atoms with Crippen LogP contribution in [0.25, 0.3) is 0 Å². The average molecular weight is 300 g/mol. The number of aryl methyl sites for hydroxylation is 1. The molecule has 1 aliphatic carbocycles. The van der Waals surface area contributed by atoms with E-state index in [0.717, 1.165) is 25.7 Å². The second kappa shape index (κ2) is 6.20. The van der Waals surface area contributed by atoms with Crippen molar-refractivity contribution < 1.29 is 12.8 Å². The van der Waals surface area contributed by atoms with Crippen molar-refractivity contribution in [3.05, 3.63) is 29.6 Å². The van der Waals surface area contributed by atoms with Crippen LogP contribution < -0.4 is 5.73 Å². The van der Waals surface area contributed by atoms with Crippen molar-refractivity contribution in [3.63, 3.8) is 0 Å². The maximum absolute atomic E-state index is 13.2. The second-order valence-electron chi connectivity index (χ2n) is 5.25. The van der Waals surface area contributed by atoms with Crippen LogP contribution in [0.3, 0.4) is 0 Å². The third-order valence-corrected chi connectivity index (χ3v) is 5.92. The van der Waals surface area contributed by atoms with Crippen LogP contribution in [0.1, 0.15) is 31.2 Å². The molecule has 1 saturated carbocycles. The molecule has 2 rings (SSSR count). The van der Waals surface area contributed by atoms with Gasteiger partial charge in [-0.25, -0.2) is 12.8 Å². The normalized spacial score (nSPS) is 17.0. The predicted octanol–water partition coefficient (Wildman–Crippen LogP) is 2.03. The van der Waals surface area contributed by atoms with Crippen molar-refractivity contribution in [1.29, 1.82) is 0 Å². The van der Waals surface area contributed by atoms with E-state index in [0.29, 0.717) is 12.1 Å². The first-order chi connectivity index (χ1) is 9.46. The summed E-state index contributed by atoms with van der Waals surface area (Å²) in [6.45, 7) is 2.21. The Morgan fingerprint density at radius 1 is 1.35 bits per heavy atom. The summed E-state index contributed by atoms with van der Waals surface area (Å²) in [7, 11) is -3.61. The minimum atomic E-state index is -3.61. The van der Waals surface area contributed by atoms with E-state index in [-0.39, 0.29) is 17.5 Å². The third-order valence-electron chi connectivity index (χ3n) is 3.81. The lowest BCUT2D eigenvalue weighted by Crippen LogP contribution is -2.42. The number of hydrogen-bond donors (Lipinski definition) is 1. The van der Waals surface area contributed by atoms with Crippen LogP contribution in [0, 0.1) is 12.7 Å². The molecule has 0 aliphatic heterocycles. The van der Waals surface area contributed by atoms with E-state index in [1.165, 1.54) is 22.5 Å². The number of benzene rings is 1. The van der Waals surface area contributed by atoms with Gasteiger partial charge in [0, 0.05) is 19.1 Å². The second-order valence-corrected chi connectivity index (χ2v) is 7.11. The Bertz CT molecular complexity index is 569. The SMILES string of the molecule is Cc1cc(F)ccc1S(=O)(=O)N(CCN)C1CCCC1. The van der Waals surface area contributed by atoms with Crippen molar-refractivity contribution >= 4 is 10.0 Å². The number of hydrogen-bond acceptors (Lipinski definition) is 3. The first-order valence-corrected chi connectivity index (χ1v) is 8.39. The van der Waals surface area contributed by atoms with Crippen molar-refractivity contribution in [2.75, 3.05) is 13.1 Å². The first-order valence-electron chi connectivity index (χ1n) is 6.95. The van der Waals surface area contributed by atoms with Crippen LogP contribution in [0.2, 0.25) is 0 Å². The summed E-state index contributed by atoms with van der Waals surface area (Å²) in [4.78, 5) is 0.180. The van der Waals surface area contributed by atoms with Gasteiger partial charge < -0.3 is 5.73 Å². The van der Waals surface area contributed by atoms with Gasteiger partial charge in [-0.15, -0.1) is 0 Å². The van der Waals surface area contributed by atoms with E-state index in [4.69, 9.17) is 5.73 Å². The highest BCUT2D eigenvalue weighted by Crippen LogP contribution is 2.29. The minimum Gasteiger partial charge on any atom is -0.329 e. The minimum absolute atomic E-state index is 0.0213. The topological polar surface area (TPSA) is 63.4 Å². The summed E-state index contributed by atoms with van der Waals surface area (Å²) in [5.41, 5.74) is 6.00. The summed E-state index contributed by atoms with van der Waals surface area (Å²) in [6.07, 6.45) is 3.84.